The van der Waals surface area contributed by atoms with Crippen molar-refractivity contribution in [2.24, 2.45) is 0 Å². The number of sulfonamides is 1. The molecule has 0 radical (unpaired) electrons. The van der Waals surface area contributed by atoms with Gasteiger partial charge in [0.25, 0.3) is 0 Å². The summed E-state index contributed by atoms with van der Waals surface area (Å²) in [6, 6.07) is 3.78. The third-order valence-electron chi connectivity index (χ3n) is 3.11. The minimum atomic E-state index is -3.99. The van der Waals surface area contributed by atoms with E-state index in [0.717, 1.165) is 12.6 Å². The Balaban J connectivity index is 2.08. The van der Waals surface area contributed by atoms with E-state index in [1.807, 2.05) is 11.9 Å². The van der Waals surface area contributed by atoms with Crippen LogP contribution >= 0.6 is 0 Å². The third kappa shape index (κ3) is 3.45. The van der Waals surface area contributed by atoms with Gasteiger partial charge in [-0.15, -0.1) is 0 Å². The minimum Gasteiger partial charge on any atom is -0.398 e. The smallest absolute Gasteiger partial charge is 0.245 e. The Morgan fingerprint density at radius 1 is 1.55 bits per heavy atom. The van der Waals surface area contributed by atoms with Crippen molar-refractivity contribution in [2.45, 2.75) is 11.0 Å². The largest absolute Gasteiger partial charge is 0.398 e. The van der Waals surface area contributed by atoms with E-state index in [4.69, 9.17) is 10.5 Å². The third-order valence-corrected chi connectivity index (χ3v) is 4.62. The first kappa shape index (κ1) is 15.2. The Morgan fingerprint density at radius 3 is 2.95 bits per heavy atom. The van der Waals surface area contributed by atoms with Gasteiger partial charge in [0.05, 0.1) is 18.4 Å². The molecule has 0 aliphatic carbocycles. The molecule has 0 amide bonds. The van der Waals surface area contributed by atoms with Crippen molar-refractivity contribution in [1.29, 1.82) is 0 Å². The van der Waals surface area contributed by atoms with Crippen molar-refractivity contribution in [2.75, 3.05) is 39.0 Å². The Bertz CT molecular complexity index is 559. The number of morpholine rings is 1. The van der Waals surface area contributed by atoms with E-state index in [1.54, 1.807) is 0 Å². The standard InChI is InChI=1S/C12H18FN3O3S/c1-16-5-6-19-9(8-16)7-15-20(17,18)12-10(13)3-2-4-11(12)14/h2-4,9,15H,5-8,14H2,1H3. The van der Waals surface area contributed by atoms with E-state index in [2.05, 4.69) is 4.72 Å². The Kier molecular flexibility index (Phi) is 4.59. The number of hydrogen-bond acceptors (Lipinski definition) is 5. The van der Waals surface area contributed by atoms with Crippen molar-refractivity contribution in [3.63, 3.8) is 0 Å². The van der Waals surface area contributed by atoms with Gasteiger partial charge in [-0.25, -0.2) is 17.5 Å². The molecule has 1 fully saturated rings. The molecule has 20 heavy (non-hydrogen) atoms. The van der Waals surface area contributed by atoms with Crippen molar-refractivity contribution in [1.82, 2.24) is 9.62 Å². The zero-order valence-electron chi connectivity index (χ0n) is 11.2. The van der Waals surface area contributed by atoms with Crippen LogP contribution in [0.1, 0.15) is 0 Å². The number of benzene rings is 1. The lowest BCUT2D eigenvalue weighted by atomic mass is 10.3. The number of nitrogen functional groups attached to an aromatic ring is 1. The molecule has 1 aromatic carbocycles. The quantitative estimate of drug-likeness (QED) is 0.766. The molecule has 6 nitrogen and oxygen atoms in total. The molecule has 1 aromatic rings. The van der Waals surface area contributed by atoms with Gasteiger partial charge in [0, 0.05) is 19.6 Å². The van der Waals surface area contributed by atoms with Crippen LogP contribution in [-0.4, -0.2) is 52.7 Å². The predicted molar refractivity (Wildman–Crippen MR) is 73.2 cm³/mol. The SMILES string of the molecule is CN1CCOC(CNS(=O)(=O)c2c(N)cccc2F)C1. The first-order chi connectivity index (χ1) is 9.40. The summed E-state index contributed by atoms with van der Waals surface area (Å²) in [7, 11) is -2.06. The number of ether oxygens (including phenoxy) is 1. The molecule has 1 aliphatic rings. The molecule has 3 N–H and O–H groups in total. The zero-order chi connectivity index (χ0) is 14.8. The van der Waals surface area contributed by atoms with Gasteiger partial charge in [0.15, 0.2) is 0 Å². The van der Waals surface area contributed by atoms with Gasteiger partial charge in [-0.2, -0.15) is 0 Å². The number of nitrogens with two attached hydrogens (primary N) is 1. The van der Waals surface area contributed by atoms with E-state index >= 15 is 0 Å². The van der Waals surface area contributed by atoms with Crippen LogP contribution in [0.4, 0.5) is 10.1 Å². The van der Waals surface area contributed by atoms with Crippen molar-refractivity contribution >= 4 is 15.7 Å². The van der Waals surface area contributed by atoms with Gasteiger partial charge in [0.2, 0.25) is 10.0 Å². The van der Waals surface area contributed by atoms with Crippen molar-refractivity contribution in [3.8, 4) is 0 Å². The van der Waals surface area contributed by atoms with Gasteiger partial charge in [0.1, 0.15) is 10.7 Å². The summed E-state index contributed by atoms with van der Waals surface area (Å²) >= 11 is 0. The normalized spacial score (nSPS) is 21.0. The van der Waals surface area contributed by atoms with E-state index in [0.29, 0.717) is 13.2 Å². The molecule has 0 bridgehead atoms. The number of rotatable bonds is 4. The number of hydrogen-bond donors (Lipinski definition) is 2. The first-order valence-electron chi connectivity index (χ1n) is 6.24. The summed E-state index contributed by atoms with van der Waals surface area (Å²) < 4.78 is 45.6. The number of halogens is 1. The summed E-state index contributed by atoms with van der Waals surface area (Å²) in [5, 5.41) is 0. The molecule has 1 saturated heterocycles. The van der Waals surface area contributed by atoms with Crippen LogP contribution in [0.5, 0.6) is 0 Å². The van der Waals surface area contributed by atoms with E-state index in [9.17, 15) is 12.8 Å². The second-order valence-electron chi connectivity index (χ2n) is 4.77. The number of anilines is 1. The Hall–Kier alpha value is -1.22. The van der Waals surface area contributed by atoms with Gasteiger partial charge in [-0.05, 0) is 19.2 Å². The fourth-order valence-corrected chi connectivity index (χ4v) is 3.33. The maximum Gasteiger partial charge on any atom is 0.245 e. The number of likely N-dealkylation sites (N-methyl/N-ethyl adjacent to an activating group) is 1. The van der Waals surface area contributed by atoms with E-state index in [1.165, 1.54) is 12.1 Å². The maximum absolute atomic E-state index is 13.6. The summed E-state index contributed by atoms with van der Waals surface area (Å²) in [6.07, 6.45) is -0.253. The molecule has 0 saturated carbocycles. The minimum absolute atomic E-state index is 0.0838. The van der Waals surface area contributed by atoms with Crippen LogP contribution in [0, 0.1) is 5.82 Å². The molecule has 1 heterocycles. The van der Waals surface area contributed by atoms with Gasteiger partial charge in [-0.1, -0.05) is 6.07 Å². The fourth-order valence-electron chi connectivity index (χ4n) is 2.07. The summed E-state index contributed by atoms with van der Waals surface area (Å²) in [5.41, 5.74) is 5.43. The lowest BCUT2D eigenvalue weighted by Gasteiger charge is -2.30. The highest BCUT2D eigenvalue weighted by atomic mass is 32.2. The van der Waals surface area contributed by atoms with Crippen molar-refractivity contribution < 1.29 is 17.5 Å². The average Bonchev–Trinajstić information content (AvgIpc) is 2.36. The van der Waals surface area contributed by atoms with Gasteiger partial charge in [-0.3, -0.25) is 0 Å². The number of nitrogens with zero attached hydrogens (tertiary/aromatic N) is 1. The van der Waals surface area contributed by atoms with E-state index in [-0.39, 0.29) is 18.3 Å². The summed E-state index contributed by atoms with van der Waals surface area (Å²) in [6.45, 7) is 2.06. The molecule has 112 valence electrons. The second kappa shape index (κ2) is 6.04. The molecule has 1 unspecified atom stereocenters. The maximum atomic E-state index is 13.6. The molecular formula is C12H18FN3O3S. The highest BCUT2D eigenvalue weighted by Gasteiger charge is 2.25. The zero-order valence-corrected chi connectivity index (χ0v) is 12.0. The lowest BCUT2D eigenvalue weighted by molar-refractivity contribution is -0.0156. The lowest BCUT2D eigenvalue weighted by Crippen LogP contribution is -2.46. The number of nitrogens with one attached hydrogen (secondary N) is 1. The predicted octanol–water partition coefficient (Wildman–Crippen LogP) is 0.0168. The van der Waals surface area contributed by atoms with Crippen LogP contribution in [0.25, 0.3) is 0 Å². The van der Waals surface area contributed by atoms with Crippen LogP contribution in [0.15, 0.2) is 23.1 Å². The van der Waals surface area contributed by atoms with E-state index < -0.39 is 20.7 Å². The molecule has 1 aliphatic heterocycles. The first-order valence-corrected chi connectivity index (χ1v) is 7.72. The molecule has 1 atom stereocenters. The van der Waals surface area contributed by atoms with Crippen LogP contribution in [0.3, 0.4) is 0 Å². The Morgan fingerprint density at radius 2 is 2.30 bits per heavy atom. The molecule has 2 rings (SSSR count). The van der Waals surface area contributed by atoms with Crippen LogP contribution < -0.4 is 10.5 Å². The van der Waals surface area contributed by atoms with Gasteiger partial charge < -0.3 is 15.4 Å². The molecule has 8 heteroatoms. The summed E-state index contributed by atoms with van der Waals surface area (Å²) in [4.78, 5) is 1.53. The molecule has 0 spiro atoms. The van der Waals surface area contributed by atoms with Crippen LogP contribution in [0.2, 0.25) is 0 Å². The second-order valence-corrected chi connectivity index (χ2v) is 6.47. The molecule has 0 aromatic heterocycles. The van der Waals surface area contributed by atoms with Gasteiger partial charge >= 0.3 is 0 Å². The monoisotopic (exact) mass is 303 g/mol. The highest BCUT2D eigenvalue weighted by molar-refractivity contribution is 7.89. The fraction of sp³-hybridized carbons (Fsp3) is 0.500. The summed E-state index contributed by atoms with van der Waals surface area (Å²) in [5.74, 6) is -0.862. The van der Waals surface area contributed by atoms with Crippen molar-refractivity contribution in [3.05, 3.63) is 24.0 Å². The van der Waals surface area contributed by atoms with Crippen LogP contribution in [-0.2, 0) is 14.8 Å². The molecular weight excluding hydrogens is 285 g/mol. The highest BCUT2D eigenvalue weighted by Crippen LogP contribution is 2.21. The Labute approximate surface area is 117 Å². The topological polar surface area (TPSA) is 84.7 Å². The average molecular weight is 303 g/mol.